The van der Waals surface area contributed by atoms with Crippen LogP contribution in [0.3, 0.4) is 0 Å². The van der Waals surface area contributed by atoms with Crippen molar-refractivity contribution in [1.82, 2.24) is 9.62 Å². The maximum Gasteiger partial charge on any atom is 0.243 e. The lowest BCUT2D eigenvalue weighted by molar-refractivity contribution is -0.123. The Morgan fingerprint density at radius 3 is 2.18 bits per heavy atom. The predicted octanol–water partition coefficient (Wildman–Crippen LogP) is 4.13. The predicted molar refractivity (Wildman–Crippen MR) is 113 cm³/mol. The third-order valence-electron chi connectivity index (χ3n) is 5.79. The molecule has 1 aliphatic carbocycles. The highest BCUT2D eigenvalue weighted by Crippen LogP contribution is 2.59. The number of amides is 1. The number of rotatable bonds is 8. The molecule has 2 rings (SSSR count). The summed E-state index contributed by atoms with van der Waals surface area (Å²) in [5.41, 5.74) is 2.10. The standard InChI is InChI=1S/C22H34N2O3S/c1-8-24(9-2)28(26,27)18-12-10-17(11-13-18)16(5)23-21(25)20-19(14-15(3)4)22(20,6)7/h10-14,16,19-20H,8-9H2,1-7H3,(H,23,25). The number of carbonyl (C=O) groups excluding carboxylic acids is 1. The van der Waals surface area contributed by atoms with E-state index in [4.69, 9.17) is 0 Å². The number of hydrogen-bond acceptors (Lipinski definition) is 3. The van der Waals surface area contributed by atoms with Gasteiger partial charge in [0.2, 0.25) is 15.9 Å². The quantitative estimate of drug-likeness (QED) is 0.660. The second-order valence-corrected chi connectivity index (χ2v) is 10.4. The first kappa shape index (κ1) is 22.6. The van der Waals surface area contributed by atoms with Gasteiger partial charge in [-0.1, -0.05) is 51.5 Å². The third kappa shape index (κ3) is 4.49. The second kappa shape index (κ2) is 8.37. The first-order valence-corrected chi connectivity index (χ1v) is 11.5. The van der Waals surface area contributed by atoms with Gasteiger partial charge in [-0.05, 0) is 49.8 Å². The Hall–Kier alpha value is -1.66. The molecular weight excluding hydrogens is 372 g/mol. The minimum absolute atomic E-state index is 0.0211. The molecule has 1 aliphatic rings. The Bertz CT molecular complexity index is 833. The molecule has 0 aliphatic heterocycles. The summed E-state index contributed by atoms with van der Waals surface area (Å²) < 4.78 is 26.6. The van der Waals surface area contributed by atoms with Crippen molar-refractivity contribution in [3.63, 3.8) is 0 Å². The highest BCUT2D eigenvalue weighted by atomic mass is 32.2. The van der Waals surface area contributed by atoms with Crippen molar-refractivity contribution in [2.75, 3.05) is 13.1 Å². The summed E-state index contributed by atoms with van der Waals surface area (Å²) in [6.45, 7) is 14.8. The Morgan fingerprint density at radius 1 is 1.18 bits per heavy atom. The largest absolute Gasteiger partial charge is 0.349 e. The van der Waals surface area contributed by atoms with Gasteiger partial charge in [-0.2, -0.15) is 4.31 Å². The van der Waals surface area contributed by atoms with Gasteiger partial charge in [-0.25, -0.2) is 8.42 Å². The molecule has 0 spiro atoms. The molecule has 1 fully saturated rings. The van der Waals surface area contributed by atoms with Gasteiger partial charge in [-0.15, -0.1) is 0 Å². The fourth-order valence-electron chi connectivity index (χ4n) is 3.88. The Morgan fingerprint density at radius 2 is 1.71 bits per heavy atom. The topological polar surface area (TPSA) is 66.5 Å². The number of sulfonamides is 1. The van der Waals surface area contributed by atoms with Crippen molar-refractivity contribution in [2.45, 2.75) is 59.4 Å². The SMILES string of the molecule is CCN(CC)S(=O)(=O)c1ccc(C(C)NC(=O)C2C(C=C(C)C)C2(C)C)cc1. The summed E-state index contributed by atoms with van der Waals surface area (Å²) in [5.74, 6) is 0.304. The molecule has 0 aromatic heterocycles. The number of allylic oxidation sites excluding steroid dienone is 2. The van der Waals surface area contributed by atoms with E-state index in [-0.39, 0.29) is 34.1 Å². The van der Waals surface area contributed by atoms with Crippen molar-refractivity contribution in [3.05, 3.63) is 41.5 Å². The Balaban J connectivity index is 2.09. The zero-order chi connectivity index (χ0) is 21.3. The molecule has 1 N–H and O–H groups in total. The number of carbonyl (C=O) groups is 1. The zero-order valence-corrected chi connectivity index (χ0v) is 18.9. The molecule has 0 heterocycles. The van der Waals surface area contributed by atoms with E-state index in [9.17, 15) is 13.2 Å². The zero-order valence-electron chi connectivity index (χ0n) is 18.1. The molecule has 28 heavy (non-hydrogen) atoms. The Labute approximate surface area is 170 Å². The number of hydrogen-bond donors (Lipinski definition) is 1. The summed E-state index contributed by atoms with van der Waals surface area (Å²) in [6, 6.07) is 6.64. The van der Waals surface area contributed by atoms with Crippen LogP contribution in [-0.2, 0) is 14.8 Å². The monoisotopic (exact) mass is 406 g/mol. The van der Waals surface area contributed by atoms with Crippen LogP contribution in [0.25, 0.3) is 0 Å². The Kier molecular flexibility index (Phi) is 6.77. The maximum atomic E-state index is 12.7. The van der Waals surface area contributed by atoms with Crippen LogP contribution in [0.5, 0.6) is 0 Å². The molecule has 0 bridgehead atoms. The molecular formula is C22H34N2O3S. The molecule has 1 saturated carbocycles. The maximum absolute atomic E-state index is 12.7. The van der Waals surface area contributed by atoms with Gasteiger partial charge in [0.25, 0.3) is 0 Å². The van der Waals surface area contributed by atoms with Crippen LogP contribution in [0, 0.1) is 17.3 Å². The third-order valence-corrected chi connectivity index (χ3v) is 7.85. The van der Waals surface area contributed by atoms with E-state index in [0.717, 1.165) is 5.56 Å². The molecule has 0 saturated heterocycles. The molecule has 1 aromatic rings. The highest BCUT2D eigenvalue weighted by Gasteiger charge is 2.60. The van der Waals surface area contributed by atoms with E-state index < -0.39 is 10.0 Å². The van der Waals surface area contributed by atoms with Gasteiger partial charge < -0.3 is 5.32 Å². The van der Waals surface area contributed by atoms with Gasteiger partial charge >= 0.3 is 0 Å². The summed E-state index contributed by atoms with van der Waals surface area (Å²) >= 11 is 0. The van der Waals surface area contributed by atoms with Crippen molar-refractivity contribution >= 4 is 15.9 Å². The fraction of sp³-hybridized carbons (Fsp3) is 0.591. The van der Waals surface area contributed by atoms with Crippen LogP contribution in [0.15, 0.2) is 40.8 Å². The van der Waals surface area contributed by atoms with Crippen LogP contribution in [0.4, 0.5) is 0 Å². The molecule has 5 nitrogen and oxygen atoms in total. The van der Waals surface area contributed by atoms with E-state index in [0.29, 0.717) is 13.1 Å². The number of benzene rings is 1. The molecule has 1 amide bonds. The van der Waals surface area contributed by atoms with Crippen molar-refractivity contribution < 1.29 is 13.2 Å². The van der Waals surface area contributed by atoms with Crippen LogP contribution < -0.4 is 5.32 Å². The lowest BCUT2D eigenvalue weighted by Crippen LogP contribution is -2.31. The first-order valence-electron chi connectivity index (χ1n) is 10.0. The first-order chi connectivity index (χ1) is 13.0. The summed E-state index contributed by atoms with van der Waals surface area (Å²) in [6.07, 6.45) is 2.18. The number of nitrogens with zero attached hydrogens (tertiary/aromatic N) is 1. The molecule has 1 aromatic carbocycles. The smallest absolute Gasteiger partial charge is 0.243 e. The minimum Gasteiger partial charge on any atom is -0.349 e. The van der Waals surface area contributed by atoms with Crippen LogP contribution in [-0.4, -0.2) is 31.7 Å². The summed E-state index contributed by atoms with van der Waals surface area (Å²) in [5, 5.41) is 3.09. The lowest BCUT2D eigenvalue weighted by Gasteiger charge is -2.19. The minimum atomic E-state index is -3.46. The molecule has 6 heteroatoms. The van der Waals surface area contributed by atoms with Gasteiger partial charge in [0, 0.05) is 13.1 Å². The van der Waals surface area contributed by atoms with Gasteiger partial charge in [-0.3, -0.25) is 4.79 Å². The van der Waals surface area contributed by atoms with Crippen LogP contribution in [0.2, 0.25) is 0 Å². The van der Waals surface area contributed by atoms with Crippen molar-refractivity contribution in [2.24, 2.45) is 17.3 Å². The van der Waals surface area contributed by atoms with Crippen LogP contribution >= 0.6 is 0 Å². The molecule has 156 valence electrons. The average Bonchev–Trinajstić information content (AvgIpc) is 3.15. The average molecular weight is 407 g/mol. The van der Waals surface area contributed by atoms with Gasteiger partial charge in [0.15, 0.2) is 0 Å². The fourth-order valence-corrected chi connectivity index (χ4v) is 5.33. The second-order valence-electron chi connectivity index (χ2n) is 8.46. The molecule has 3 atom stereocenters. The van der Waals surface area contributed by atoms with Gasteiger partial charge in [0.1, 0.15) is 0 Å². The summed E-state index contributed by atoms with van der Waals surface area (Å²) in [7, 11) is -3.46. The number of nitrogens with one attached hydrogen (secondary N) is 1. The van der Waals surface area contributed by atoms with E-state index in [2.05, 4.69) is 39.1 Å². The van der Waals surface area contributed by atoms with E-state index >= 15 is 0 Å². The van der Waals surface area contributed by atoms with Crippen molar-refractivity contribution in [1.29, 1.82) is 0 Å². The normalized spacial score (nSPS) is 21.9. The van der Waals surface area contributed by atoms with Crippen LogP contribution in [0.1, 0.15) is 60.1 Å². The molecule has 3 unspecified atom stereocenters. The van der Waals surface area contributed by atoms with E-state index in [1.54, 1.807) is 24.3 Å². The van der Waals surface area contributed by atoms with Crippen molar-refractivity contribution in [3.8, 4) is 0 Å². The van der Waals surface area contributed by atoms with E-state index in [1.807, 2.05) is 20.8 Å². The summed E-state index contributed by atoms with van der Waals surface area (Å²) in [4.78, 5) is 13.0. The molecule has 0 radical (unpaired) electrons. The highest BCUT2D eigenvalue weighted by molar-refractivity contribution is 7.89. The van der Waals surface area contributed by atoms with Gasteiger partial charge in [0.05, 0.1) is 16.9 Å². The lowest BCUT2D eigenvalue weighted by atomic mass is 10.1. The van der Waals surface area contributed by atoms with E-state index in [1.165, 1.54) is 9.88 Å².